The Hall–Kier alpha value is -3.81. The van der Waals surface area contributed by atoms with Crippen molar-refractivity contribution in [3.8, 4) is 17.2 Å². The summed E-state index contributed by atoms with van der Waals surface area (Å²) in [5, 5.41) is 4.08. The molecule has 0 atom stereocenters. The number of ether oxygens (including phenoxy) is 3. The highest BCUT2D eigenvalue weighted by Crippen LogP contribution is 2.29. The summed E-state index contributed by atoms with van der Waals surface area (Å²) in [5.74, 6) is 0.284. The van der Waals surface area contributed by atoms with Crippen molar-refractivity contribution >= 4 is 23.9 Å². The Balaban J connectivity index is 1.67. The second-order valence-electron chi connectivity index (χ2n) is 6.90. The number of amides is 4. The van der Waals surface area contributed by atoms with Gasteiger partial charge >= 0.3 is 6.03 Å². The van der Waals surface area contributed by atoms with E-state index in [0.29, 0.717) is 36.9 Å². The first kappa shape index (κ1) is 21.9. The van der Waals surface area contributed by atoms with Crippen molar-refractivity contribution in [2.45, 2.75) is 20.8 Å². The second-order valence-corrected chi connectivity index (χ2v) is 6.90. The minimum Gasteiger partial charge on any atom is -0.490 e. The third-order valence-electron chi connectivity index (χ3n) is 4.45. The van der Waals surface area contributed by atoms with Gasteiger partial charge < -0.3 is 14.2 Å². The third-order valence-corrected chi connectivity index (χ3v) is 4.45. The number of rotatable bonds is 8. The molecule has 1 aliphatic rings. The molecule has 1 saturated heterocycles. The van der Waals surface area contributed by atoms with Gasteiger partial charge in [0.15, 0.2) is 11.5 Å². The van der Waals surface area contributed by atoms with Crippen molar-refractivity contribution in [2.75, 3.05) is 19.8 Å². The quantitative estimate of drug-likeness (QED) is 0.384. The first-order chi connectivity index (χ1) is 14.9. The summed E-state index contributed by atoms with van der Waals surface area (Å²) in [4.78, 5) is 35.0. The van der Waals surface area contributed by atoms with E-state index in [4.69, 9.17) is 14.2 Å². The van der Waals surface area contributed by atoms with Gasteiger partial charge in [-0.15, -0.1) is 0 Å². The highest BCUT2D eigenvalue weighted by molar-refractivity contribution is 6.31. The van der Waals surface area contributed by atoms with Crippen LogP contribution in [-0.2, 0) is 9.59 Å². The summed E-state index contributed by atoms with van der Waals surface area (Å²) < 4.78 is 17.2. The van der Waals surface area contributed by atoms with Gasteiger partial charge in [-0.2, -0.15) is 0 Å². The van der Waals surface area contributed by atoms with Gasteiger partial charge in [0, 0.05) is 0 Å². The fraction of sp³-hybridized carbons (Fsp3) is 0.261. The van der Waals surface area contributed by atoms with Crippen molar-refractivity contribution in [3.05, 3.63) is 58.7 Å². The van der Waals surface area contributed by atoms with E-state index < -0.39 is 17.8 Å². The SMILES string of the molecule is CCOc1cc(C=C2C(=O)NC(=O)NC2=O)ccc1OCCOc1ccc(C)cc1C. The Labute approximate surface area is 180 Å². The van der Waals surface area contributed by atoms with Gasteiger partial charge in [-0.25, -0.2) is 4.79 Å². The second kappa shape index (κ2) is 9.80. The molecule has 8 heteroatoms. The van der Waals surface area contributed by atoms with E-state index in [2.05, 4.69) is 6.07 Å². The van der Waals surface area contributed by atoms with Crippen molar-refractivity contribution in [1.82, 2.24) is 10.6 Å². The number of hydrogen-bond donors (Lipinski definition) is 2. The number of carbonyl (C=O) groups excluding carboxylic acids is 3. The number of hydrogen-bond acceptors (Lipinski definition) is 6. The molecule has 8 nitrogen and oxygen atoms in total. The molecule has 31 heavy (non-hydrogen) atoms. The molecule has 2 aromatic rings. The molecule has 2 N–H and O–H groups in total. The van der Waals surface area contributed by atoms with Gasteiger partial charge in [0.2, 0.25) is 0 Å². The smallest absolute Gasteiger partial charge is 0.328 e. The zero-order chi connectivity index (χ0) is 22.4. The summed E-state index contributed by atoms with van der Waals surface area (Å²) in [6.07, 6.45) is 1.38. The van der Waals surface area contributed by atoms with E-state index in [-0.39, 0.29) is 5.57 Å². The van der Waals surface area contributed by atoms with E-state index >= 15 is 0 Å². The lowest BCUT2D eigenvalue weighted by molar-refractivity contribution is -0.123. The van der Waals surface area contributed by atoms with Crippen LogP contribution < -0.4 is 24.8 Å². The molecule has 0 unspecified atom stereocenters. The normalized spacial score (nSPS) is 13.4. The standard InChI is InChI=1S/C23H24N2O6/c1-4-29-20-13-16(12-17-21(26)24-23(28)25-22(17)27)6-8-19(20)31-10-9-30-18-7-5-14(2)11-15(18)3/h5-8,11-13H,4,9-10H2,1-3H3,(H2,24,25,26,27,28). The fourth-order valence-electron chi connectivity index (χ4n) is 3.04. The van der Waals surface area contributed by atoms with E-state index in [1.165, 1.54) is 11.6 Å². The molecular formula is C23H24N2O6. The number of carbonyl (C=O) groups is 3. The Morgan fingerprint density at radius 2 is 1.45 bits per heavy atom. The molecular weight excluding hydrogens is 400 g/mol. The molecule has 3 rings (SSSR count). The van der Waals surface area contributed by atoms with E-state index in [1.807, 2.05) is 43.5 Å². The Morgan fingerprint density at radius 3 is 2.10 bits per heavy atom. The van der Waals surface area contributed by atoms with Gasteiger partial charge in [0.1, 0.15) is 24.5 Å². The van der Waals surface area contributed by atoms with Crippen LogP contribution in [-0.4, -0.2) is 37.7 Å². The fourth-order valence-corrected chi connectivity index (χ4v) is 3.04. The van der Waals surface area contributed by atoms with Gasteiger partial charge in [0.25, 0.3) is 11.8 Å². The Kier molecular flexibility index (Phi) is 6.92. The van der Waals surface area contributed by atoms with Crippen LogP contribution in [0.1, 0.15) is 23.6 Å². The van der Waals surface area contributed by atoms with Crippen molar-refractivity contribution < 1.29 is 28.6 Å². The molecule has 1 aliphatic heterocycles. The average molecular weight is 424 g/mol. The summed E-state index contributed by atoms with van der Waals surface area (Å²) in [6, 6.07) is 10.2. The predicted molar refractivity (Wildman–Crippen MR) is 114 cm³/mol. The first-order valence-corrected chi connectivity index (χ1v) is 9.85. The molecule has 2 aromatic carbocycles. The van der Waals surface area contributed by atoms with Crippen molar-refractivity contribution in [2.24, 2.45) is 0 Å². The molecule has 0 bridgehead atoms. The number of imide groups is 2. The summed E-state index contributed by atoms with van der Waals surface area (Å²) in [5.41, 5.74) is 2.62. The van der Waals surface area contributed by atoms with Crippen LogP contribution in [0, 0.1) is 13.8 Å². The Morgan fingerprint density at radius 1 is 0.806 bits per heavy atom. The van der Waals surface area contributed by atoms with Crippen LogP contribution >= 0.6 is 0 Å². The van der Waals surface area contributed by atoms with Crippen LogP contribution in [0.25, 0.3) is 6.08 Å². The number of barbiturate groups is 1. The van der Waals surface area contributed by atoms with Crippen LogP contribution in [0.5, 0.6) is 17.2 Å². The number of nitrogens with one attached hydrogen (secondary N) is 2. The summed E-state index contributed by atoms with van der Waals surface area (Å²) in [6.45, 7) is 6.93. The molecule has 0 aliphatic carbocycles. The van der Waals surface area contributed by atoms with E-state index in [9.17, 15) is 14.4 Å². The molecule has 0 radical (unpaired) electrons. The van der Waals surface area contributed by atoms with Crippen LogP contribution in [0.4, 0.5) is 4.79 Å². The summed E-state index contributed by atoms with van der Waals surface area (Å²) >= 11 is 0. The van der Waals surface area contributed by atoms with Gasteiger partial charge in [0.05, 0.1) is 6.61 Å². The van der Waals surface area contributed by atoms with E-state index in [1.54, 1.807) is 18.2 Å². The van der Waals surface area contributed by atoms with Crippen molar-refractivity contribution in [1.29, 1.82) is 0 Å². The number of urea groups is 1. The van der Waals surface area contributed by atoms with Gasteiger partial charge in [-0.05, 0) is 56.2 Å². The number of aryl methyl sites for hydroxylation is 2. The lowest BCUT2D eigenvalue weighted by Gasteiger charge is -2.15. The number of benzene rings is 2. The maximum atomic E-state index is 11.9. The average Bonchev–Trinajstić information content (AvgIpc) is 2.71. The van der Waals surface area contributed by atoms with Gasteiger partial charge in [-0.1, -0.05) is 23.8 Å². The topological polar surface area (TPSA) is 103 Å². The maximum absolute atomic E-state index is 11.9. The lowest BCUT2D eigenvalue weighted by atomic mass is 10.1. The Bertz CT molecular complexity index is 1020. The molecule has 0 spiro atoms. The minimum atomic E-state index is -0.839. The van der Waals surface area contributed by atoms with Gasteiger partial charge in [-0.3, -0.25) is 20.2 Å². The van der Waals surface area contributed by atoms with Crippen LogP contribution in [0.15, 0.2) is 42.0 Å². The molecule has 0 saturated carbocycles. The zero-order valence-corrected chi connectivity index (χ0v) is 17.6. The first-order valence-electron chi connectivity index (χ1n) is 9.85. The molecule has 1 heterocycles. The third kappa shape index (κ3) is 5.63. The minimum absolute atomic E-state index is 0.169. The largest absolute Gasteiger partial charge is 0.490 e. The van der Waals surface area contributed by atoms with Crippen LogP contribution in [0.3, 0.4) is 0 Å². The maximum Gasteiger partial charge on any atom is 0.328 e. The highest BCUT2D eigenvalue weighted by Gasteiger charge is 2.27. The van der Waals surface area contributed by atoms with E-state index in [0.717, 1.165) is 11.3 Å². The molecule has 162 valence electrons. The predicted octanol–water partition coefficient (Wildman–Crippen LogP) is 2.91. The monoisotopic (exact) mass is 424 g/mol. The van der Waals surface area contributed by atoms with Crippen molar-refractivity contribution in [3.63, 3.8) is 0 Å². The molecule has 1 fully saturated rings. The zero-order valence-electron chi connectivity index (χ0n) is 17.6. The summed E-state index contributed by atoms with van der Waals surface area (Å²) in [7, 11) is 0. The highest BCUT2D eigenvalue weighted by atomic mass is 16.5. The van der Waals surface area contributed by atoms with Crippen LogP contribution in [0.2, 0.25) is 0 Å². The molecule has 4 amide bonds. The lowest BCUT2D eigenvalue weighted by Crippen LogP contribution is -2.51. The molecule has 0 aromatic heterocycles.